The topological polar surface area (TPSA) is 41.6 Å². The predicted molar refractivity (Wildman–Crippen MR) is 76.7 cm³/mol. The summed E-state index contributed by atoms with van der Waals surface area (Å²) >= 11 is 0. The number of likely N-dealkylation sites (tertiary alicyclic amines) is 1. The van der Waals surface area contributed by atoms with Gasteiger partial charge in [0.25, 0.3) is 0 Å². The van der Waals surface area contributed by atoms with Crippen LogP contribution < -0.4 is 5.73 Å². The molecule has 1 atom stereocenters. The van der Waals surface area contributed by atoms with Crippen molar-refractivity contribution in [2.24, 2.45) is 16.6 Å². The van der Waals surface area contributed by atoms with Gasteiger partial charge in [0, 0.05) is 13.1 Å². The highest BCUT2D eigenvalue weighted by atomic mass is 19.4. The highest BCUT2D eigenvalue weighted by molar-refractivity contribution is 5.78. The molecule has 0 aromatic heterocycles. The molecule has 1 aromatic carbocycles. The molecule has 1 unspecified atom stereocenters. The molecule has 0 spiro atoms. The van der Waals surface area contributed by atoms with Crippen molar-refractivity contribution in [3.63, 3.8) is 0 Å². The highest BCUT2D eigenvalue weighted by Crippen LogP contribution is 2.29. The van der Waals surface area contributed by atoms with E-state index < -0.39 is 11.7 Å². The lowest BCUT2D eigenvalue weighted by molar-refractivity contribution is -0.137. The van der Waals surface area contributed by atoms with Crippen LogP contribution in [-0.4, -0.2) is 23.9 Å². The largest absolute Gasteiger partial charge is 0.416 e. The van der Waals surface area contributed by atoms with Crippen LogP contribution in [0.15, 0.2) is 29.3 Å². The Labute approximate surface area is 122 Å². The monoisotopic (exact) mass is 299 g/mol. The summed E-state index contributed by atoms with van der Waals surface area (Å²) in [4.78, 5) is 6.23. The second kappa shape index (κ2) is 6.37. The number of benzene rings is 1. The maximum Gasteiger partial charge on any atom is 0.416 e. The molecule has 1 aliphatic heterocycles. The number of alkyl halides is 3. The van der Waals surface area contributed by atoms with Crippen LogP contribution in [-0.2, 0) is 12.7 Å². The van der Waals surface area contributed by atoms with E-state index in [1.807, 2.05) is 4.90 Å². The second-order valence-electron chi connectivity index (χ2n) is 5.57. The Balaban J connectivity index is 2.03. The van der Waals surface area contributed by atoms with Crippen molar-refractivity contribution in [2.75, 3.05) is 13.1 Å². The molecule has 2 N–H and O–H groups in total. The zero-order chi connectivity index (χ0) is 15.5. The Morgan fingerprint density at radius 2 is 2.19 bits per heavy atom. The number of piperidine rings is 1. The summed E-state index contributed by atoms with van der Waals surface area (Å²) in [6.45, 7) is 4.05. The fourth-order valence-electron chi connectivity index (χ4n) is 2.52. The maximum atomic E-state index is 12.6. The van der Waals surface area contributed by atoms with Crippen molar-refractivity contribution < 1.29 is 13.2 Å². The van der Waals surface area contributed by atoms with Gasteiger partial charge in [0.15, 0.2) is 5.96 Å². The zero-order valence-corrected chi connectivity index (χ0v) is 12.0. The first-order chi connectivity index (χ1) is 9.86. The van der Waals surface area contributed by atoms with Crippen molar-refractivity contribution in [3.8, 4) is 0 Å². The standard InChI is InChI=1S/C15H20F3N3/c1-11-4-3-7-21(10-11)14(19)20-9-12-5-2-6-13(8-12)15(16,17)18/h2,5-6,8,11H,3-4,7,9-10H2,1H3,(H2,19,20). The van der Waals surface area contributed by atoms with Gasteiger partial charge >= 0.3 is 6.18 Å². The van der Waals surface area contributed by atoms with Crippen LogP contribution in [0.5, 0.6) is 0 Å². The van der Waals surface area contributed by atoms with Crippen molar-refractivity contribution in [1.29, 1.82) is 0 Å². The lowest BCUT2D eigenvalue weighted by atomic mass is 10.0. The molecule has 1 saturated heterocycles. The number of halogens is 3. The van der Waals surface area contributed by atoms with Crippen LogP contribution in [0.2, 0.25) is 0 Å². The van der Waals surface area contributed by atoms with Gasteiger partial charge in [-0.05, 0) is 36.5 Å². The summed E-state index contributed by atoms with van der Waals surface area (Å²) in [6.07, 6.45) is -2.08. The lowest BCUT2D eigenvalue weighted by Crippen LogP contribution is -2.43. The first kappa shape index (κ1) is 15.7. The molecule has 0 amide bonds. The highest BCUT2D eigenvalue weighted by Gasteiger charge is 2.30. The number of nitrogens with two attached hydrogens (primary N) is 1. The molecule has 21 heavy (non-hydrogen) atoms. The number of guanidine groups is 1. The van der Waals surface area contributed by atoms with Crippen LogP contribution in [0.25, 0.3) is 0 Å². The van der Waals surface area contributed by atoms with Crippen LogP contribution in [0.3, 0.4) is 0 Å². The number of nitrogens with zero attached hydrogens (tertiary/aromatic N) is 2. The fraction of sp³-hybridized carbons (Fsp3) is 0.533. The third kappa shape index (κ3) is 4.37. The SMILES string of the molecule is CC1CCCN(C(N)=NCc2cccc(C(F)(F)F)c2)C1. The van der Waals surface area contributed by atoms with Gasteiger partial charge in [0.1, 0.15) is 0 Å². The van der Waals surface area contributed by atoms with E-state index in [2.05, 4.69) is 11.9 Å². The molecule has 1 aliphatic rings. The average Bonchev–Trinajstić information content (AvgIpc) is 2.44. The molecule has 0 saturated carbocycles. The van der Waals surface area contributed by atoms with E-state index in [9.17, 15) is 13.2 Å². The molecule has 1 heterocycles. The number of rotatable bonds is 2. The Bertz CT molecular complexity index is 511. The van der Waals surface area contributed by atoms with E-state index in [0.29, 0.717) is 17.4 Å². The molecular weight excluding hydrogens is 279 g/mol. The van der Waals surface area contributed by atoms with Crippen molar-refractivity contribution in [3.05, 3.63) is 35.4 Å². The van der Waals surface area contributed by atoms with E-state index in [1.54, 1.807) is 6.07 Å². The van der Waals surface area contributed by atoms with Gasteiger partial charge in [-0.3, -0.25) is 0 Å². The lowest BCUT2D eigenvalue weighted by Gasteiger charge is -2.31. The van der Waals surface area contributed by atoms with Gasteiger partial charge in [0.2, 0.25) is 0 Å². The summed E-state index contributed by atoms with van der Waals surface area (Å²) in [5.41, 5.74) is 5.80. The van der Waals surface area contributed by atoms with Gasteiger partial charge < -0.3 is 10.6 Å². The van der Waals surface area contributed by atoms with Crippen molar-refractivity contribution in [2.45, 2.75) is 32.5 Å². The van der Waals surface area contributed by atoms with E-state index in [4.69, 9.17) is 5.73 Å². The van der Waals surface area contributed by atoms with Crippen LogP contribution in [0.4, 0.5) is 13.2 Å². The third-order valence-corrected chi connectivity index (χ3v) is 3.66. The number of hydrogen-bond acceptors (Lipinski definition) is 1. The molecule has 1 aromatic rings. The van der Waals surface area contributed by atoms with Crippen LogP contribution in [0.1, 0.15) is 30.9 Å². The predicted octanol–water partition coefficient (Wildman–Crippen LogP) is 3.25. The minimum Gasteiger partial charge on any atom is -0.370 e. The Morgan fingerprint density at radius 3 is 2.86 bits per heavy atom. The van der Waals surface area contributed by atoms with Gasteiger partial charge in [-0.25, -0.2) is 4.99 Å². The van der Waals surface area contributed by atoms with Gasteiger partial charge in [-0.1, -0.05) is 19.1 Å². The molecule has 2 rings (SSSR count). The maximum absolute atomic E-state index is 12.6. The molecule has 116 valence electrons. The van der Waals surface area contributed by atoms with Gasteiger partial charge in [0.05, 0.1) is 12.1 Å². The molecule has 0 aliphatic carbocycles. The van der Waals surface area contributed by atoms with E-state index in [-0.39, 0.29) is 6.54 Å². The number of hydrogen-bond donors (Lipinski definition) is 1. The third-order valence-electron chi connectivity index (χ3n) is 3.66. The summed E-state index contributed by atoms with van der Waals surface area (Å²) in [5, 5.41) is 0. The van der Waals surface area contributed by atoms with E-state index >= 15 is 0 Å². The van der Waals surface area contributed by atoms with Gasteiger partial charge in [-0.15, -0.1) is 0 Å². The molecule has 0 radical (unpaired) electrons. The summed E-state index contributed by atoms with van der Waals surface area (Å²) in [5.74, 6) is 0.986. The normalized spacial score (nSPS) is 20.7. The van der Waals surface area contributed by atoms with Crippen LogP contribution in [0, 0.1) is 5.92 Å². The smallest absolute Gasteiger partial charge is 0.370 e. The van der Waals surface area contributed by atoms with Crippen molar-refractivity contribution in [1.82, 2.24) is 4.90 Å². The van der Waals surface area contributed by atoms with E-state index in [1.165, 1.54) is 12.5 Å². The van der Waals surface area contributed by atoms with Gasteiger partial charge in [-0.2, -0.15) is 13.2 Å². The molecule has 3 nitrogen and oxygen atoms in total. The molecule has 6 heteroatoms. The Kier molecular flexibility index (Phi) is 4.75. The first-order valence-electron chi connectivity index (χ1n) is 7.07. The zero-order valence-electron chi connectivity index (χ0n) is 12.0. The van der Waals surface area contributed by atoms with Crippen LogP contribution >= 0.6 is 0 Å². The first-order valence-corrected chi connectivity index (χ1v) is 7.07. The minimum atomic E-state index is -4.33. The summed E-state index contributed by atoms with van der Waals surface area (Å²) < 4.78 is 37.9. The Hall–Kier alpha value is -1.72. The average molecular weight is 299 g/mol. The fourth-order valence-corrected chi connectivity index (χ4v) is 2.52. The molecule has 0 bridgehead atoms. The Morgan fingerprint density at radius 1 is 1.43 bits per heavy atom. The number of aliphatic imine (C=N–C) groups is 1. The minimum absolute atomic E-state index is 0.167. The van der Waals surface area contributed by atoms with E-state index in [0.717, 1.165) is 31.6 Å². The molecular formula is C15H20F3N3. The quantitative estimate of drug-likeness (QED) is 0.673. The second-order valence-corrected chi connectivity index (χ2v) is 5.57. The molecule has 1 fully saturated rings. The summed E-state index contributed by atoms with van der Waals surface area (Å²) in [7, 11) is 0. The van der Waals surface area contributed by atoms with Crippen molar-refractivity contribution >= 4 is 5.96 Å². The summed E-state index contributed by atoms with van der Waals surface area (Å²) in [6, 6.07) is 5.20.